The van der Waals surface area contributed by atoms with Gasteiger partial charge in [0.25, 0.3) is 0 Å². The van der Waals surface area contributed by atoms with Gasteiger partial charge in [-0.05, 0) is 39.0 Å². The molecule has 160 valence electrons. The molecule has 0 fully saturated rings. The number of aliphatic hydroxyl groups excluding tert-OH is 1. The molecule has 3 aromatic heterocycles. The molecule has 1 atom stereocenters. The van der Waals surface area contributed by atoms with Crippen molar-refractivity contribution in [2.45, 2.75) is 39.4 Å². The fraction of sp³-hybridized carbons (Fsp3) is 0.286. The first-order chi connectivity index (χ1) is 14.6. The van der Waals surface area contributed by atoms with E-state index in [1.54, 1.807) is 44.6 Å². The highest BCUT2D eigenvalue weighted by Gasteiger charge is 2.25. The van der Waals surface area contributed by atoms with Gasteiger partial charge >= 0.3 is 0 Å². The fourth-order valence-corrected chi connectivity index (χ4v) is 2.72. The lowest BCUT2D eigenvalue weighted by atomic mass is 10.0. The first-order valence-corrected chi connectivity index (χ1v) is 9.42. The number of nitrogens with two attached hydrogens (primary N) is 1. The Morgan fingerprint density at radius 3 is 2.55 bits per heavy atom. The predicted octanol–water partition coefficient (Wildman–Crippen LogP) is 1.74. The van der Waals surface area contributed by atoms with Crippen LogP contribution in [0.1, 0.15) is 37.9 Å². The quantitative estimate of drug-likeness (QED) is 0.411. The second-order valence-electron chi connectivity index (χ2n) is 7.23. The first kappa shape index (κ1) is 21.9. The topological polar surface area (TPSA) is 149 Å². The summed E-state index contributed by atoms with van der Waals surface area (Å²) >= 11 is 0. The van der Waals surface area contributed by atoms with Gasteiger partial charge in [-0.2, -0.15) is 15.1 Å². The van der Waals surface area contributed by atoms with Gasteiger partial charge in [0.1, 0.15) is 17.4 Å². The van der Waals surface area contributed by atoms with Crippen LogP contribution in [0.3, 0.4) is 0 Å². The summed E-state index contributed by atoms with van der Waals surface area (Å²) in [6, 6.07) is 7.20. The van der Waals surface area contributed by atoms with Crippen LogP contribution in [0.5, 0.6) is 0 Å². The van der Waals surface area contributed by atoms with Crippen LogP contribution in [0.25, 0.3) is 16.7 Å². The molecule has 0 saturated carbocycles. The molecule has 0 aliphatic rings. The monoisotopic (exact) mass is 421 g/mol. The van der Waals surface area contributed by atoms with Crippen molar-refractivity contribution < 1.29 is 14.7 Å². The van der Waals surface area contributed by atoms with Crippen molar-refractivity contribution in [2.75, 3.05) is 5.73 Å². The molecule has 4 aromatic rings. The van der Waals surface area contributed by atoms with Gasteiger partial charge in [-0.15, -0.1) is 0 Å². The predicted molar refractivity (Wildman–Crippen MR) is 114 cm³/mol. The zero-order valence-electron chi connectivity index (χ0n) is 17.6. The van der Waals surface area contributed by atoms with Gasteiger partial charge in [-0.3, -0.25) is 0 Å². The van der Waals surface area contributed by atoms with E-state index >= 15 is 0 Å². The van der Waals surface area contributed by atoms with Gasteiger partial charge < -0.3 is 20.5 Å². The molecule has 10 nitrogen and oxygen atoms in total. The van der Waals surface area contributed by atoms with Gasteiger partial charge in [-0.25, -0.2) is 9.67 Å². The van der Waals surface area contributed by atoms with Crippen molar-refractivity contribution in [1.82, 2.24) is 29.9 Å². The number of nitrogen functional groups attached to an aromatic ring is 1. The zero-order valence-corrected chi connectivity index (χ0v) is 17.6. The minimum atomic E-state index is -1.13. The average Bonchev–Trinajstić information content (AvgIpc) is 3.33. The summed E-state index contributed by atoms with van der Waals surface area (Å²) < 4.78 is 6.08. The Hall–Kier alpha value is -3.81. The Morgan fingerprint density at radius 1 is 1.23 bits per heavy atom. The van der Waals surface area contributed by atoms with E-state index in [0.29, 0.717) is 17.4 Å². The lowest BCUT2D eigenvalue weighted by Crippen LogP contribution is -2.17. The molecular formula is C21H23N7O3. The average molecular weight is 421 g/mol. The van der Waals surface area contributed by atoms with Crippen LogP contribution < -0.4 is 5.73 Å². The van der Waals surface area contributed by atoms with Crippen molar-refractivity contribution in [1.29, 1.82) is 0 Å². The van der Waals surface area contributed by atoms with Crippen LogP contribution in [0.4, 0.5) is 5.95 Å². The van der Waals surface area contributed by atoms with Crippen molar-refractivity contribution in [3.8, 4) is 17.7 Å². The van der Waals surface area contributed by atoms with E-state index in [1.807, 2.05) is 18.2 Å². The van der Waals surface area contributed by atoms with Crippen LogP contribution in [0, 0.1) is 18.8 Å². The second kappa shape index (κ2) is 8.91. The Labute approximate surface area is 178 Å². The summed E-state index contributed by atoms with van der Waals surface area (Å²) in [6.45, 7) is 6.70. The Balaban J connectivity index is 0.000000391. The highest BCUT2D eigenvalue weighted by molar-refractivity contribution is 5.85. The number of benzene rings is 1. The molecule has 0 bridgehead atoms. The maximum absolute atomic E-state index is 10.5. The lowest BCUT2D eigenvalue weighted by Gasteiger charge is -2.14. The highest BCUT2D eigenvalue weighted by Crippen LogP contribution is 2.29. The van der Waals surface area contributed by atoms with Gasteiger partial charge in [0.2, 0.25) is 11.8 Å². The molecule has 3 heterocycles. The number of aromatic nitrogens is 6. The molecule has 0 aliphatic carbocycles. The Kier molecular flexibility index (Phi) is 6.29. The number of anilines is 1. The molecule has 1 aromatic carbocycles. The molecule has 0 aliphatic heterocycles. The van der Waals surface area contributed by atoms with Crippen LogP contribution >= 0.6 is 0 Å². The minimum Gasteiger partial charge on any atom is -0.384 e. The summed E-state index contributed by atoms with van der Waals surface area (Å²) in [4.78, 5) is 11.7. The SMILES string of the molecule is CC(O)C#Cc1ccc2c(C(C)(C)O)nn(-c3ccnc(N)n3)c2c1.Cc1ncno1. The summed E-state index contributed by atoms with van der Waals surface area (Å²) in [5, 5.41) is 28.5. The van der Waals surface area contributed by atoms with Crippen molar-refractivity contribution in [3.63, 3.8) is 0 Å². The molecule has 0 spiro atoms. The third-order valence-corrected chi connectivity index (χ3v) is 4.03. The van der Waals surface area contributed by atoms with Gasteiger partial charge in [0, 0.05) is 30.1 Å². The summed E-state index contributed by atoms with van der Waals surface area (Å²) in [5.74, 6) is 6.86. The molecule has 4 rings (SSSR count). The third-order valence-electron chi connectivity index (χ3n) is 4.03. The molecule has 0 saturated heterocycles. The maximum atomic E-state index is 10.5. The van der Waals surface area contributed by atoms with Crippen molar-refractivity contribution in [2.24, 2.45) is 0 Å². The normalized spacial score (nSPS) is 11.9. The molecule has 1 unspecified atom stereocenters. The Bertz CT molecular complexity index is 1230. The van der Waals surface area contributed by atoms with Crippen molar-refractivity contribution >= 4 is 16.9 Å². The van der Waals surface area contributed by atoms with Crippen LogP contribution in [-0.2, 0) is 5.60 Å². The number of fused-ring (bicyclic) bond motifs is 1. The molecule has 10 heteroatoms. The third kappa shape index (κ3) is 5.42. The number of nitrogens with zero attached hydrogens (tertiary/aromatic N) is 6. The molecular weight excluding hydrogens is 398 g/mol. The smallest absolute Gasteiger partial charge is 0.223 e. The Morgan fingerprint density at radius 2 is 2.00 bits per heavy atom. The molecule has 0 amide bonds. The summed E-state index contributed by atoms with van der Waals surface area (Å²) in [7, 11) is 0. The number of rotatable bonds is 2. The molecule has 31 heavy (non-hydrogen) atoms. The molecule has 4 N–H and O–H groups in total. The van der Waals surface area contributed by atoms with Gasteiger partial charge in [-0.1, -0.05) is 17.0 Å². The van der Waals surface area contributed by atoms with E-state index in [9.17, 15) is 10.2 Å². The van der Waals surface area contributed by atoms with Crippen LogP contribution in [-0.4, -0.2) is 46.2 Å². The first-order valence-electron chi connectivity index (χ1n) is 9.42. The number of aryl methyl sites for hydroxylation is 1. The number of aliphatic hydroxyl groups is 2. The number of hydrogen-bond donors (Lipinski definition) is 3. The largest absolute Gasteiger partial charge is 0.384 e. The van der Waals surface area contributed by atoms with E-state index in [4.69, 9.17) is 5.73 Å². The standard InChI is InChI=1S/C18H19N5O2.C3H4N2O/c1-11(24)4-5-12-6-7-13-14(10-12)23(22-16(13)18(2,3)25)15-8-9-20-17(19)21-15;1-3-4-2-5-6-3/h6-11,24-25H,1-3H3,(H2,19,20,21);2H,1H3. The second-order valence-corrected chi connectivity index (χ2v) is 7.23. The van der Waals surface area contributed by atoms with Crippen LogP contribution in [0.2, 0.25) is 0 Å². The van der Waals surface area contributed by atoms with E-state index in [-0.39, 0.29) is 5.95 Å². The summed E-state index contributed by atoms with van der Waals surface area (Å²) in [6.07, 6.45) is 2.20. The van der Waals surface area contributed by atoms with E-state index in [0.717, 1.165) is 16.5 Å². The van der Waals surface area contributed by atoms with E-state index < -0.39 is 11.7 Å². The van der Waals surface area contributed by atoms with Crippen LogP contribution in [0.15, 0.2) is 41.3 Å². The van der Waals surface area contributed by atoms with E-state index in [1.165, 1.54) is 6.33 Å². The zero-order chi connectivity index (χ0) is 22.6. The van der Waals surface area contributed by atoms with Crippen molar-refractivity contribution in [3.05, 3.63) is 53.9 Å². The maximum Gasteiger partial charge on any atom is 0.223 e. The minimum absolute atomic E-state index is 0.135. The fourth-order valence-electron chi connectivity index (χ4n) is 2.72. The number of hydrogen-bond acceptors (Lipinski definition) is 9. The van der Waals surface area contributed by atoms with Gasteiger partial charge in [0.05, 0.1) is 5.52 Å². The van der Waals surface area contributed by atoms with E-state index in [2.05, 4.69) is 41.6 Å². The molecule has 0 radical (unpaired) electrons. The summed E-state index contributed by atoms with van der Waals surface area (Å²) in [5.41, 5.74) is 6.52. The highest BCUT2D eigenvalue weighted by atomic mass is 16.5. The van der Waals surface area contributed by atoms with Gasteiger partial charge in [0.15, 0.2) is 12.1 Å². The lowest BCUT2D eigenvalue weighted by molar-refractivity contribution is 0.0749.